The third kappa shape index (κ3) is 2.99. The molecule has 0 amide bonds. The van der Waals surface area contributed by atoms with Crippen LogP contribution in [0.25, 0.3) is 0 Å². The molecule has 0 aromatic heterocycles. The van der Waals surface area contributed by atoms with Crippen LogP contribution in [0.3, 0.4) is 0 Å². The van der Waals surface area contributed by atoms with Crippen molar-refractivity contribution in [3.05, 3.63) is 0 Å². The standard InChI is InChI=1S/C3H6O2S2/c4-1-2(5)3(6)7/h2,4-5H,1H2,(H,6,7). The average molecular weight is 138 g/mol. The van der Waals surface area contributed by atoms with Crippen molar-refractivity contribution >= 4 is 29.0 Å². The molecular formula is C3H6O2S2. The molecule has 2 N–H and O–H groups in total. The van der Waals surface area contributed by atoms with E-state index in [2.05, 4.69) is 24.8 Å². The lowest BCUT2D eigenvalue weighted by molar-refractivity contribution is 0.148. The zero-order valence-electron chi connectivity index (χ0n) is 3.53. The highest BCUT2D eigenvalue weighted by Gasteiger charge is 2.01. The second kappa shape index (κ2) is 3.37. The molecule has 0 saturated carbocycles. The van der Waals surface area contributed by atoms with Gasteiger partial charge in [0.2, 0.25) is 0 Å². The van der Waals surface area contributed by atoms with Crippen molar-refractivity contribution in [1.29, 1.82) is 0 Å². The molecule has 0 radical (unpaired) electrons. The number of thiocarbonyl (C=S) groups is 1. The Morgan fingerprint density at radius 2 is 2.29 bits per heavy atom. The van der Waals surface area contributed by atoms with Crippen molar-refractivity contribution in [3.63, 3.8) is 0 Å². The summed E-state index contributed by atoms with van der Waals surface area (Å²) in [5.74, 6) is 0. The topological polar surface area (TPSA) is 40.5 Å². The molecule has 7 heavy (non-hydrogen) atoms. The van der Waals surface area contributed by atoms with Gasteiger partial charge in [0.25, 0.3) is 0 Å². The second-order valence-corrected chi connectivity index (χ2v) is 2.26. The molecule has 4 heteroatoms. The largest absolute Gasteiger partial charge is 0.393 e. The zero-order chi connectivity index (χ0) is 5.86. The summed E-state index contributed by atoms with van der Waals surface area (Å²) in [5, 5.41) is 16.6. The second-order valence-electron chi connectivity index (χ2n) is 1.04. The van der Waals surface area contributed by atoms with Gasteiger partial charge >= 0.3 is 0 Å². The number of aliphatic hydroxyl groups excluding tert-OH is 2. The number of thiol groups is 1. The van der Waals surface area contributed by atoms with E-state index in [1.54, 1.807) is 0 Å². The number of rotatable bonds is 2. The molecule has 0 rings (SSSR count). The van der Waals surface area contributed by atoms with E-state index in [9.17, 15) is 0 Å². The van der Waals surface area contributed by atoms with Crippen molar-refractivity contribution < 1.29 is 10.2 Å². The van der Waals surface area contributed by atoms with Gasteiger partial charge in [-0.25, -0.2) is 0 Å². The predicted molar refractivity (Wildman–Crippen MR) is 34.7 cm³/mol. The zero-order valence-corrected chi connectivity index (χ0v) is 5.25. The Bertz CT molecular complexity index is 73.3. The molecule has 0 heterocycles. The normalized spacial score (nSPS) is 13.6. The lowest BCUT2D eigenvalue weighted by atomic mass is 10.4. The van der Waals surface area contributed by atoms with E-state index in [0.29, 0.717) is 0 Å². The van der Waals surface area contributed by atoms with Crippen LogP contribution < -0.4 is 0 Å². The van der Waals surface area contributed by atoms with Gasteiger partial charge < -0.3 is 10.2 Å². The van der Waals surface area contributed by atoms with Gasteiger partial charge in [-0.05, 0) is 0 Å². The van der Waals surface area contributed by atoms with Crippen molar-refractivity contribution in [2.24, 2.45) is 0 Å². The first-order valence-electron chi connectivity index (χ1n) is 1.70. The minimum atomic E-state index is -0.946. The van der Waals surface area contributed by atoms with Gasteiger partial charge in [0.1, 0.15) is 6.10 Å². The fourth-order valence-electron chi connectivity index (χ4n) is 0.0781. The number of hydrogen-bond acceptors (Lipinski definition) is 3. The smallest absolute Gasteiger partial charge is 0.118 e. The molecule has 0 spiro atoms. The fourth-order valence-corrected chi connectivity index (χ4v) is 0.234. The van der Waals surface area contributed by atoms with Crippen molar-refractivity contribution in [2.75, 3.05) is 6.61 Å². The third-order valence-electron chi connectivity index (χ3n) is 0.458. The quantitative estimate of drug-likeness (QED) is 0.359. The summed E-state index contributed by atoms with van der Waals surface area (Å²) >= 11 is 7.97. The van der Waals surface area contributed by atoms with Gasteiger partial charge in [0, 0.05) is 0 Å². The molecule has 0 aliphatic heterocycles. The highest BCUT2D eigenvalue weighted by molar-refractivity contribution is 8.11. The van der Waals surface area contributed by atoms with Crippen LogP contribution in [-0.2, 0) is 0 Å². The maximum absolute atomic E-state index is 8.47. The molecule has 0 fully saturated rings. The van der Waals surface area contributed by atoms with Crippen LogP contribution in [0.2, 0.25) is 0 Å². The highest BCUT2D eigenvalue weighted by Crippen LogP contribution is 1.90. The van der Waals surface area contributed by atoms with E-state index in [1.807, 2.05) is 0 Å². The Morgan fingerprint density at radius 1 is 1.86 bits per heavy atom. The van der Waals surface area contributed by atoms with Crippen LogP contribution in [0.4, 0.5) is 0 Å². The van der Waals surface area contributed by atoms with Gasteiger partial charge in [-0.15, -0.1) is 12.6 Å². The summed E-state index contributed by atoms with van der Waals surface area (Å²) in [5.41, 5.74) is 0. The summed E-state index contributed by atoms with van der Waals surface area (Å²) in [6, 6.07) is 0. The van der Waals surface area contributed by atoms with Crippen LogP contribution >= 0.6 is 24.8 Å². The summed E-state index contributed by atoms with van der Waals surface area (Å²) in [6.45, 7) is -0.345. The van der Waals surface area contributed by atoms with Crippen molar-refractivity contribution in [2.45, 2.75) is 6.10 Å². The van der Waals surface area contributed by atoms with Gasteiger partial charge in [0.15, 0.2) is 0 Å². The summed E-state index contributed by atoms with van der Waals surface area (Å²) in [6.07, 6.45) is -0.946. The molecule has 0 aliphatic rings. The Kier molecular flexibility index (Phi) is 3.55. The Labute approximate surface area is 52.6 Å². The molecular weight excluding hydrogens is 132 g/mol. The minimum absolute atomic E-state index is 0.127. The minimum Gasteiger partial charge on any atom is -0.393 e. The van der Waals surface area contributed by atoms with Crippen LogP contribution in [0, 0.1) is 0 Å². The van der Waals surface area contributed by atoms with Gasteiger partial charge in [-0.3, -0.25) is 0 Å². The first kappa shape index (κ1) is 7.36. The predicted octanol–water partition coefficient (Wildman–Crippen LogP) is -0.403. The third-order valence-corrected chi connectivity index (χ3v) is 1.03. The number of hydrogen-bond donors (Lipinski definition) is 3. The molecule has 1 atom stereocenters. The van der Waals surface area contributed by atoms with Gasteiger partial charge in [-0.2, -0.15) is 0 Å². The lowest BCUT2D eigenvalue weighted by Crippen LogP contribution is -2.17. The van der Waals surface area contributed by atoms with Crippen molar-refractivity contribution in [3.8, 4) is 0 Å². The van der Waals surface area contributed by atoms with Crippen LogP contribution in [0.1, 0.15) is 0 Å². The summed E-state index contributed by atoms with van der Waals surface area (Å²) in [7, 11) is 0. The fraction of sp³-hybridized carbons (Fsp3) is 0.667. The lowest BCUT2D eigenvalue weighted by Gasteiger charge is -1.99. The molecule has 1 unspecified atom stereocenters. The molecule has 0 bridgehead atoms. The van der Waals surface area contributed by atoms with E-state index >= 15 is 0 Å². The maximum Gasteiger partial charge on any atom is 0.118 e. The van der Waals surface area contributed by atoms with Gasteiger partial charge in [0.05, 0.1) is 10.8 Å². The van der Waals surface area contributed by atoms with Crippen molar-refractivity contribution in [1.82, 2.24) is 0 Å². The monoisotopic (exact) mass is 138 g/mol. The molecule has 2 nitrogen and oxygen atoms in total. The maximum atomic E-state index is 8.47. The SMILES string of the molecule is OCC(O)C(=S)S. The van der Waals surface area contributed by atoms with E-state index in [1.165, 1.54) is 0 Å². The Hall–Kier alpha value is 0.360. The van der Waals surface area contributed by atoms with Crippen LogP contribution in [0.5, 0.6) is 0 Å². The molecule has 42 valence electrons. The average Bonchev–Trinajstić information content (AvgIpc) is 1.65. The molecule has 0 aromatic rings. The van der Waals surface area contributed by atoms with E-state index in [4.69, 9.17) is 10.2 Å². The van der Waals surface area contributed by atoms with Gasteiger partial charge in [-0.1, -0.05) is 12.2 Å². The summed E-state index contributed by atoms with van der Waals surface area (Å²) in [4.78, 5) is 0. The Morgan fingerprint density at radius 3 is 2.29 bits per heavy atom. The van der Waals surface area contributed by atoms with Crippen LogP contribution in [0.15, 0.2) is 0 Å². The molecule has 0 aliphatic carbocycles. The first-order valence-corrected chi connectivity index (χ1v) is 2.55. The van der Waals surface area contributed by atoms with E-state index in [0.717, 1.165) is 0 Å². The molecule has 0 aromatic carbocycles. The highest BCUT2D eigenvalue weighted by atomic mass is 32.1. The molecule has 0 saturated heterocycles. The van der Waals surface area contributed by atoms with E-state index < -0.39 is 6.10 Å². The van der Waals surface area contributed by atoms with E-state index in [-0.39, 0.29) is 10.8 Å². The summed E-state index contributed by atoms with van der Waals surface area (Å²) < 4.78 is 0.127. The Balaban J connectivity index is 3.34. The van der Waals surface area contributed by atoms with Crippen LogP contribution in [-0.4, -0.2) is 27.1 Å². The number of aliphatic hydroxyl groups is 2. The first-order chi connectivity index (χ1) is 3.18.